The fraction of sp³-hybridized carbons (Fsp3) is 0.917. The van der Waals surface area contributed by atoms with Gasteiger partial charge >= 0.3 is 0 Å². The van der Waals surface area contributed by atoms with Crippen molar-refractivity contribution in [2.24, 2.45) is 5.92 Å². The molecule has 2 saturated heterocycles. The van der Waals surface area contributed by atoms with Crippen LogP contribution in [0, 0.1) is 5.92 Å². The molecule has 2 N–H and O–H groups in total. The number of nitrogens with zero attached hydrogens (tertiary/aromatic N) is 1. The summed E-state index contributed by atoms with van der Waals surface area (Å²) in [7, 11) is 1.74. The van der Waals surface area contributed by atoms with Gasteiger partial charge in [-0.15, -0.1) is 0 Å². The van der Waals surface area contributed by atoms with Crippen LogP contribution in [0.2, 0.25) is 0 Å². The molecule has 0 aromatic rings. The molecular weight excluding hydrogens is 202 g/mol. The number of amides is 1. The smallest absolute Gasteiger partial charge is 0.224 e. The quantitative estimate of drug-likeness (QED) is 0.705. The largest absolute Gasteiger partial charge is 0.359 e. The maximum atomic E-state index is 11.6. The Balaban J connectivity index is 1.87. The summed E-state index contributed by atoms with van der Waals surface area (Å²) in [5.41, 5.74) is 0. The Morgan fingerprint density at radius 1 is 1.38 bits per heavy atom. The van der Waals surface area contributed by atoms with E-state index in [1.165, 1.54) is 19.4 Å². The molecule has 2 rings (SSSR count). The SMILES string of the molecule is CNC(=O)C1CCCN(C2CCCNC2)C1. The van der Waals surface area contributed by atoms with Gasteiger partial charge in [-0.05, 0) is 38.8 Å². The van der Waals surface area contributed by atoms with Crippen molar-refractivity contribution in [2.45, 2.75) is 31.7 Å². The maximum absolute atomic E-state index is 11.6. The standard InChI is InChI=1S/C12H23N3O/c1-13-12(16)10-4-3-7-15(9-10)11-5-2-6-14-8-11/h10-11,14H,2-9H2,1H3,(H,13,16). The predicted molar refractivity (Wildman–Crippen MR) is 64.3 cm³/mol. The van der Waals surface area contributed by atoms with Crippen molar-refractivity contribution in [1.29, 1.82) is 0 Å². The third-order valence-corrected chi connectivity index (χ3v) is 3.86. The summed E-state index contributed by atoms with van der Waals surface area (Å²) >= 11 is 0. The molecule has 1 amide bonds. The third-order valence-electron chi connectivity index (χ3n) is 3.86. The van der Waals surface area contributed by atoms with Gasteiger partial charge < -0.3 is 10.6 Å². The average Bonchev–Trinajstić information content (AvgIpc) is 2.39. The molecule has 2 aliphatic rings. The Morgan fingerprint density at radius 2 is 2.25 bits per heavy atom. The lowest BCUT2D eigenvalue weighted by atomic mass is 9.94. The number of carbonyl (C=O) groups is 1. The molecule has 0 aliphatic carbocycles. The highest BCUT2D eigenvalue weighted by molar-refractivity contribution is 5.78. The van der Waals surface area contributed by atoms with Gasteiger partial charge in [0.05, 0.1) is 5.92 Å². The van der Waals surface area contributed by atoms with E-state index in [2.05, 4.69) is 15.5 Å². The van der Waals surface area contributed by atoms with Crippen molar-refractivity contribution < 1.29 is 4.79 Å². The van der Waals surface area contributed by atoms with E-state index in [9.17, 15) is 4.79 Å². The lowest BCUT2D eigenvalue weighted by Gasteiger charge is -2.39. The minimum Gasteiger partial charge on any atom is -0.359 e. The molecule has 2 heterocycles. The molecule has 0 aromatic heterocycles. The zero-order chi connectivity index (χ0) is 11.4. The van der Waals surface area contributed by atoms with Crippen LogP contribution in [0.5, 0.6) is 0 Å². The van der Waals surface area contributed by atoms with Gasteiger partial charge in [-0.1, -0.05) is 0 Å². The Morgan fingerprint density at radius 3 is 2.94 bits per heavy atom. The first-order valence-corrected chi connectivity index (χ1v) is 6.47. The van der Waals surface area contributed by atoms with Gasteiger partial charge in [-0.2, -0.15) is 0 Å². The number of carbonyl (C=O) groups excluding carboxylic acids is 1. The van der Waals surface area contributed by atoms with Crippen molar-refractivity contribution >= 4 is 5.91 Å². The minimum atomic E-state index is 0.209. The van der Waals surface area contributed by atoms with Crippen molar-refractivity contribution in [1.82, 2.24) is 15.5 Å². The lowest BCUT2D eigenvalue weighted by molar-refractivity contribution is -0.126. The van der Waals surface area contributed by atoms with E-state index in [4.69, 9.17) is 0 Å². The summed E-state index contributed by atoms with van der Waals surface area (Å²) in [6.07, 6.45) is 4.77. The first kappa shape index (κ1) is 11.9. The molecule has 16 heavy (non-hydrogen) atoms. The summed E-state index contributed by atoms with van der Waals surface area (Å²) in [4.78, 5) is 14.2. The van der Waals surface area contributed by atoms with Crippen LogP contribution in [0.1, 0.15) is 25.7 Å². The highest BCUT2D eigenvalue weighted by atomic mass is 16.1. The number of hydrogen-bond acceptors (Lipinski definition) is 3. The number of hydrogen-bond donors (Lipinski definition) is 2. The topological polar surface area (TPSA) is 44.4 Å². The van der Waals surface area contributed by atoms with E-state index in [0.717, 1.165) is 32.5 Å². The van der Waals surface area contributed by atoms with Crippen LogP contribution in [0.3, 0.4) is 0 Å². The van der Waals surface area contributed by atoms with E-state index in [0.29, 0.717) is 6.04 Å². The fourth-order valence-corrected chi connectivity index (χ4v) is 2.90. The monoisotopic (exact) mass is 225 g/mol. The highest BCUT2D eigenvalue weighted by Crippen LogP contribution is 2.21. The molecule has 0 spiro atoms. The average molecular weight is 225 g/mol. The van der Waals surface area contributed by atoms with E-state index < -0.39 is 0 Å². The van der Waals surface area contributed by atoms with Crippen LogP contribution in [-0.4, -0.2) is 50.1 Å². The molecular formula is C12H23N3O. The second kappa shape index (κ2) is 5.64. The molecule has 0 radical (unpaired) electrons. The van der Waals surface area contributed by atoms with Crippen LogP contribution >= 0.6 is 0 Å². The summed E-state index contributed by atoms with van der Waals surface area (Å²) in [6, 6.07) is 0.654. The Kier molecular flexibility index (Phi) is 4.18. The predicted octanol–water partition coefficient (Wildman–Crippen LogP) is 0.196. The van der Waals surface area contributed by atoms with E-state index in [1.54, 1.807) is 7.05 Å². The van der Waals surface area contributed by atoms with Crippen LogP contribution in [0.25, 0.3) is 0 Å². The molecule has 0 aromatic carbocycles. The number of nitrogens with one attached hydrogen (secondary N) is 2. The highest BCUT2D eigenvalue weighted by Gasteiger charge is 2.29. The minimum absolute atomic E-state index is 0.209. The molecule has 4 heteroatoms. The third kappa shape index (κ3) is 2.74. The van der Waals surface area contributed by atoms with E-state index in [-0.39, 0.29) is 11.8 Å². The Hall–Kier alpha value is -0.610. The normalized spacial score (nSPS) is 32.3. The van der Waals surface area contributed by atoms with Gasteiger partial charge in [-0.3, -0.25) is 9.69 Å². The first-order valence-electron chi connectivity index (χ1n) is 6.47. The van der Waals surface area contributed by atoms with Gasteiger partial charge in [0.2, 0.25) is 5.91 Å². The van der Waals surface area contributed by atoms with Crippen LogP contribution in [0.4, 0.5) is 0 Å². The van der Waals surface area contributed by atoms with Gasteiger partial charge in [0, 0.05) is 26.2 Å². The van der Waals surface area contributed by atoms with Crippen LogP contribution < -0.4 is 10.6 Å². The Labute approximate surface area is 97.8 Å². The molecule has 2 fully saturated rings. The zero-order valence-electron chi connectivity index (χ0n) is 10.2. The van der Waals surface area contributed by atoms with Crippen LogP contribution in [-0.2, 0) is 4.79 Å². The van der Waals surface area contributed by atoms with Crippen molar-refractivity contribution in [2.75, 3.05) is 33.2 Å². The number of rotatable bonds is 2. The van der Waals surface area contributed by atoms with Gasteiger partial charge in [-0.25, -0.2) is 0 Å². The lowest BCUT2D eigenvalue weighted by Crippen LogP contribution is -2.51. The van der Waals surface area contributed by atoms with E-state index >= 15 is 0 Å². The molecule has 92 valence electrons. The molecule has 2 aliphatic heterocycles. The molecule has 2 atom stereocenters. The second-order valence-electron chi connectivity index (χ2n) is 4.95. The first-order chi connectivity index (χ1) is 7.81. The van der Waals surface area contributed by atoms with Gasteiger partial charge in [0.15, 0.2) is 0 Å². The van der Waals surface area contributed by atoms with E-state index in [1.807, 2.05) is 0 Å². The fourth-order valence-electron chi connectivity index (χ4n) is 2.90. The van der Waals surface area contributed by atoms with Gasteiger partial charge in [0.25, 0.3) is 0 Å². The summed E-state index contributed by atoms with van der Waals surface area (Å²) in [5, 5.41) is 6.22. The molecule has 2 unspecified atom stereocenters. The Bertz CT molecular complexity index is 238. The molecule has 4 nitrogen and oxygen atoms in total. The second-order valence-corrected chi connectivity index (χ2v) is 4.95. The molecule has 0 bridgehead atoms. The maximum Gasteiger partial charge on any atom is 0.224 e. The number of piperidine rings is 2. The summed E-state index contributed by atoms with van der Waals surface area (Å²) < 4.78 is 0. The van der Waals surface area contributed by atoms with Crippen molar-refractivity contribution in [3.63, 3.8) is 0 Å². The number of likely N-dealkylation sites (tertiary alicyclic amines) is 1. The van der Waals surface area contributed by atoms with Crippen molar-refractivity contribution in [3.8, 4) is 0 Å². The van der Waals surface area contributed by atoms with Gasteiger partial charge in [0.1, 0.15) is 0 Å². The van der Waals surface area contributed by atoms with Crippen molar-refractivity contribution in [3.05, 3.63) is 0 Å². The zero-order valence-corrected chi connectivity index (χ0v) is 10.2. The van der Waals surface area contributed by atoms with Crippen LogP contribution in [0.15, 0.2) is 0 Å². The molecule has 0 saturated carbocycles. The summed E-state index contributed by atoms with van der Waals surface area (Å²) in [5.74, 6) is 0.425. The summed E-state index contributed by atoms with van der Waals surface area (Å²) in [6.45, 7) is 4.37.